The van der Waals surface area contributed by atoms with Crippen LogP contribution < -0.4 is 0 Å². The van der Waals surface area contributed by atoms with E-state index in [-0.39, 0.29) is 18.9 Å². The quantitative estimate of drug-likeness (QED) is 0.748. The highest BCUT2D eigenvalue weighted by Gasteiger charge is 2.28. The van der Waals surface area contributed by atoms with Crippen LogP contribution in [0.2, 0.25) is 0 Å². The Morgan fingerprint density at radius 3 is 2.43 bits per heavy atom. The van der Waals surface area contributed by atoms with E-state index in [0.717, 1.165) is 19.3 Å². The molecule has 0 spiro atoms. The first-order chi connectivity index (χ1) is 10.9. The van der Waals surface area contributed by atoms with Gasteiger partial charge in [-0.2, -0.15) is 13.2 Å². The fraction of sp³-hybridized carbons (Fsp3) is 0.588. The van der Waals surface area contributed by atoms with Crippen molar-refractivity contribution >= 4 is 5.91 Å². The monoisotopic (exact) mass is 329 g/mol. The number of carbonyl (C=O) groups is 1. The lowest BCUT2D eigenvalue weighted by Crippen LogP contribution is -2.39. The van der Waals surface area contributed by atoms with Crippen molar-refractivity contribution in [3.05, 3.63) is 35.9 Å². The zero-order chi connectivity index (χ0) is 16.7. The summed E-state index contributed by atoms with van der Waals surface area (Å²) in [5, 5.41) is 0. The molecule has 23 heavy (non-hydrogen) atoms. The predicted molar refractivity (Wildman–Crippen MR) is 80.9 cm³/mol. The molecule has 0 bridgehead atoms. The summed E-state index contributed by atoms with van der Waals surface area (Å²) in [6.45, 7) is -0.118. The Bertz CT molecular complexity index is 482. The van der Waals surface area contributed by atoms with Gasteiger partial charge >= 0.3 is 6.18 Å². The number of carbonyl (C=O) groups excluding carboxylic acids is 1. The third-order valence-corrected chi connectivity index (χ3v) is 4.06. The predicted octanol–water partition coefficient (Wildman–Crippen LogP) is 3.44. The van der Waals surface area contributed by atoms with Crippen LogP contribution >= 0.6 is 0 Å². The van der Waals surface area contributed by atoms with E-state index >= 15 is 0 Å². The highest BCUT2D eigenvalue weighted by Crippen LogP contribution is 2.22. The third-order valence-electron chi connectivity index (χ3n) is 4.06. The van der Waals surface area contributed by atoms with Crippen LogP contribution in [-0.4, -0.2) is 43.3 Å². The van der Waals surface area contributed by atoms with E-state index in [1.165, 1.54) is 5.56 Å². The summed E-state index contributed by atoms with van der Waals surface area (Å²) in [6.07, 6.45) is -1.44. The lowest BCUT2D eigenvalue weighted by molar-refractivity contribution is -0.175. The van der Waals surface area contributed by atoms with Gasteiger partial charge in [0, 0.05) is 13.1 Å². The number of piperidine rings is 1. The lowest BCUT2D eigenvalue weighted by Gasteiger charge is -2.32. The maximum atomic E-state index is 12.0. The van der Waals surface area contributed by atoms with Crippen LogP contribution in [0.1, 0.15) is 24.8 Å². The van der Waals surface area contributed by atoms with Crippen LogP contribution in [0.25, 0.3) is 0 Å². The molecule has 1 saturated heterocycles. The first-order valence-electron chi connectivity index (χ1n) is 7.90. The van der Waals surface area contributed by atoms with E-state index in [1.807, 2.05) is 18.2 Å². The molecule has 3 nitrogen and oxygen atoms in total. The van der Waals surface area contributed by atoms with Crippen molar-refractivity contribution in [2.24, 2.45) is 5.92 Å². The molecule has 0 radical (unpaired) electrons. The van der Waals surface area contributed by atoms with Crippen molar-refractivity contribution in [3.8, 4) is 0 Å². The van der Waals surface area contributed by atoms with Gasteiger partial charge in [0.2, 0.25) is 5.91 Å². The van der Waals surface area contributed by atoms with E-state index in [9.17, 15) is 18.0 Å². The van der Waals surface area contributed by atoms with E-state index in [2.05, 4.69) is 16.9 Å². The Hall–Kier alpha value is -1.56. The fourth-order valence-corrected chi connectivity index (χ4v) is 2.84. The van der Waals surface area contributed by atoms with Gasteiger partial charge in [-0.25, -0.2) is 0 Å². The summed E-state index contributed by atoms with van der Waals surface area (Å²) in [7, 11) is 0. The van der Waals surface area contributed by atoms with Crippen molar-refractivity contribution in [1.82, 2.24) is 4.90 Å². The average molecular weight is 329 g/mol. The number of alkyl halides is 3. The van der Waals surface area contributed by atoms with Gasteiger partial charge in [-0.05, 0) is 30.7 Å². The smallest absolute Gasteiger partial charge is 0.372 e. The molecule has 0 aliphatic carbocycles. The normalized spacial score (nSPS) is 16.6. The Labute approximate surface area is 134 Å². The summed E-state index contributed by atoms with van der Waals surface area (Å²) >= 11 is 0. The minimum Gasteiger partial charge on any atom is -0.372 e. The van der Waals surface area contributed by atoms with Crippen molar-refractivity contribution in [2.45, 2.75) is 31.9 Å². The van der Waals surface area contributed by atoms with Gasteiger partial charge < -0.3 is 9.64 Å². The number of nitrogens with zero attached hydrogens (tertiary/aromatic N) is 1. The molecule has 0 aromatic heterocycles. The number of hydrogen-bond donors (Lipinski definition) is 0. The van der Waals surface area contributed by atoms with E-state index in [0.29, 0.717) is 19.0 Å². The molecule has 0 N–H and O–H groups in total. The van der Waals surface area contributed by atoms with E-state index in [4.69, 9.17) is 0 Å². The fourth-order valence-electron chi connectivity index (χ4n) is 2.84. The summed E-state index contributed by atoms with van der Waals surface area (Å²) in [5.74, 6) is 0.438. The number of amides is 1. The summed E-state index contributed by atoms with van der Waals surface area (Å²) in [6, 6.07) is 10.3. The number of hydrogen-bond acceptors (Lipinski definition) is 2. The van der Waals surface area contributed by atoms with Crippen LogP contribution in [0.5, 0.6) is 0 Å². The molecule has 128 valence electrons. The van der Waals surface area contributed by atoms with Crippen molar-refractivity contribution < 1.29 is 22.7 Å². The van der Waals surface area contributed by atoms with Gasteiger partial charge in [0.1, 0.15) is 6.61 Å². The Kier molecular flexibility index (Phi) is 6.45. The average Bonchev–Trinajstić information content (AvgIpc) is 2.52. The SMILES string of the molecule is O=C(CCOCC(F)(F)F)N1CCC(Cc2ccccc2)CC1. The maximum Gasteiger partial charge on any atom is 0.411 e. The second kappa shape index (κ2) is 8.34. The number of benzene rings is 1. The molecule has 1 aromatic carbocycles. The Morgan fingerprint density at radius 2 is 1.83 bits per heavy atom. The third kappa shape index (κ3) is 6.60. The molecule has 1 amide bonds. The van der Waals surface area contributed by atoms with Gasteiger partial charge in [-0.3, -0.25) is 4.79 Å². The first-order valence-corrected chi connectivity index (χ1v) is 7.90. The van der Waals surface area contributed by atoms with Crippen LogP contribution in [0, 0.1) is 5.92 Å². The molecular formula is C17H22F3NO2. The molecule has 1 aromatic rings. The van der Waals surface area contributed by atoms with Gasteiger partial charge in [0.05, 0.1) is 13.0 Å². The first kappa shape index (κ1) is 17.8. The van der Waals surface area contributed by atoms with Crippen molar-refractivity contribution in [3.63, 3.8) is 0 Å². The number of ether oxygens (including phenoxy) is 1. The molecule has 1 fully saturated rings. The van der Waals surface area contributed by atoms with Crippen LogP contribution in [0.15, 0.2) is 30.3 Å². The summed E-state index contributed by atoms with van der Waals surface area (Å²) < 4.78 is 40.3. The highest BCUT2D eigenvalue weighted by atomic mass is 19.4. The van der Waals surface area contributed by atoms with Gasteiger partial charge in [-0.1, -0.05) is 30.3 Å². The van der Waals surface area contributed by atoms with E-state index < -0.39 is 12.8 Å². The molecule has 0 unspecified atom stereocenters. The zero-order valence-electron chi connectivity index (χ0n) is 13.0. The molecule has 1 aliphatic rings. The standard InChI is InChI=1S/C17H22F3NO2/c18-17(19,20)13-23-11-8-16(22)21-9-6-15(7-10-21)12-14-4-2-1-3-5-14/h1-5,15H,6-13H2. The minimum atomic E-state index is -4.33. The topological polar surface area (TPSA) is 29.5 Å². The van der Waals surface area contributed by atoms with Crippen molar-refractivity contribution in [2.75, 3.05) is 26.3 Å². The minimum absolute atomic E-state index is 0.0133. The molecule has 2 rings (SSSR count). The van der Waals surface area contributed by atoms with Gasteiger partial charge in [0.15, 0.2) is 0 Å². The van der Waals surface area contributed by atoms with Crippen molar-refractivity contribution in [1.29, 1.82) is 0 Å². The van der Waals surface area contributed by atoms with Crippen LogP contribution in [0.4, 0.5) is 13.2 Å². The molecule has 0 saturated carbocycles. The molecular weight excluding hydrogens is 307 g/mol. The second-order valence-electron chi connectivity index (χ2n) is 5.93. The van der Waals surface area contributed by atoms with Crippen LogP contribution in [0.3, 0.4) is 0 Å². The number of halogens is 3. The van der Waals surface area contributed by atoms with Gasteiger partial charge in [0.25, 0.3) is 0 Å². The molecule has 1 aliphatic heterocycles. The molecule has 6 heteroatoms. The van der Waals surface area contributed by atoms with Crippen LogP contribution in [-0.2, 0) is 16.0 Å². The molecule has 1 heterocycles. The summed E-state index contributed by atoms with van der Waals surface area (Å²) in [5.41, 5.74) is 1.30. The Balaban J connectivity index is 1.64. The second-order valence-corrected chi connectivity index (χ2v) is 5.93. The number of likely N-dealkylation sites (tertiary alicyclic amines) is 1. The molecule has 0 atom stereocenters. The Morgan fingerprint density at radius 1 is 1.17 bits per heavy atom. The summed E-state index contributed by atoms with van der Waals surface area (Å²) in [4.78, 5) is 13.7. The van der Waals surface area contributed by atoms with Gasteiger partial charge in [-0.15, -0.1) is 0 Å². The zero-order valence-corrected chi connectivity index (χ0v) is 13.0. The highest BCUT2D eigenvalue weighted by molar-refractivity contribution is 5.76. The van der Waals surface area contributed by atoms with E-state index in [1.54, 1.807) is 4.90 Å². The number of rotatable bonds is 6. The largest absolute Gasteiger partial charge is 0.411 e. The lowest BCUT2D eigenvalue weighted by atomic mass is 9.90. The maximum absolute atomic E-state index is 12.0.